The number of hydrogen-bond acceptors (Lipinski definition) is 3. The van der Waals surface area contributed by atoms with Crippen LogP contribution in [0.3, 0.4) is 0 Å². The van der Waals surface area contributed by atoms with Crippen LogP contribution < -0.4 is 10.5 Å². The minimum atomic E-state index is -0.364. The predicted octanol–water partition coefficient (Wildman–Crippen LogP) is 3.52. The van der Waals surface area contributed by atoms with E-state index in [-0.39, 0.29) is 5.82 Å². The van der Waals surface area contributed by atoms with Crippen molar-refractivity contribution in [3.05, 3.63) is 46.7 Å². The van der Waals surface area contributed by atoms with Gasteiger partial charge in [-0.15, -0.1) is 0 Å². The maximum absolute atomic E-state index is 13.5. The molecule has 1 aromatic heterocycles. The number of nitrogens with two attached hydrogens (primary N) is 1. The number of fused-ring (bicyclic) bond motifs is 1. The van der Waals surface area contributed by atoms with Gasteiger partial charge in [0.1, 0.15) is 11.6 Å². The van der Waals surface area contributed by atoms with Gasteiger partial charge in [-0.3, -0.25) is 4.57 Å². The number of aromatic nitrogens is 2. The number of ether oxygens (including phenoxy) is 1. The Morgan fingerprint density at radius 2 is 1.95 bits per heavy atom. The molecule has 0 unspecified atom stereocenters. The molecular formula is C14H11BrFN3O. The first-order valence-corrected chi connectivity index (χ1v) is 6.67. The van der Waals surface area contributed by atoms with Gasteiger partial charge in [0.2, 0.25) is 5.95 Å². The van der Waals surface area contributed by atoms with Crippen LogP contribution in [0.4, 0.5) is 10.3 Å². The summed E-state index contributed by atoms with van der Waals surface area (Å²) in [4.78, 5) is 4.18. The number of nitrogens with zero attached hydrogens (tertiary/aromatic N) is 2. The van der Waals surface area contributed by atoms with Crippen LogP contribution in [0.25, 0.3) is 16.7 Å². The summed E-state index contributed by atoms with van der Waals surface area (Å²) in [7, 11) is 1.61. The molecule has 4 nitrogen and oxygen atoms in total. The summed E-state index contributed by atoms with van der Waals surface area (Å²) in [6, 6.07) is 10.4. The molecule has 0 radical (unpaired) electrons. The highest BCUT2D eigenvalue weighted by molar-refractivity contribution is 9.10. The molecule has 0 saturated heterocycles. The summed E-state index contributed by atoms with van der Waals surface area (Å²) in [6.45, 7) is 0. The van der Waals surface area contributed by atoms with Crippen molar-refractivity contribution in [1.29, 1.82) is 0 Å². The highest BCUT2D eigenvalue weighted by atomic mass is 79.9. The Labute approximate surface area is 123 Å². The van der Waals surface area contributed by atoms with Gasteiger partial charge in [-0.05, 0) is 46.3 Å². The van der Waals surface area contributed by atoms with E-state index < -0.39 is 0 Å². The van der Waals surface area contributed by atoms with Crippen LogP contribution in [-0.4, -0.2) is 16.7 Å². The molecule has 0 aliphatic heterocycles. The standard InChI is InChI=1S/C14H11BrFN3O/c1-20-9-4-2-8(3-5-9)19-13-6-10(15)11(16)7-12(13)18-14(19)17/h2-7H,1H3,(H2,17,18). The minimum Gasteiger partial charge on any atom is -0.497 e. The Morgan fingerprint density at radius 3 is 2.60 bits per heavy atom. The van der Waals surface area contributed by atoms with Crippen LogP contribution >= 0.6 is 15.9 Å². The summed E-state index contributed by atoms with van der Waals surface area (Å²) in [6.07, 6.45) is 0. The average Bonchev–Trinajstić information content (AvgIpc) is 2.75. The van der Waals surface area contributed by atoms with Crippen LogP contribution in [0.1, 0.15) is 0 Å². The van der Waals surface area contributed by atoms with E-state index >= 15 is 0 Å². The Kier molecular flexibility index (Phi) is 3.10. The van der Waals surface area contributed by atoms with Crippen molar-refractivity contribution in [3.8, 4) is 11.4 Å². The van der Waals surface area contributed by atoms with E-state index in [2.05, 4.69) is 20.9 Å². The zero-order chi connectivity index (χ0) is 14.3. The number of benzene rings is 2. The topological polar surface area (TPSA) is 53.1 Å². The van der Waals surface area contributed by atoms with Crippen molar-refractivity contribution < 1.29 is 9.13 Å². The highest BCUT2D eigenvalue weighted by Crippen LogP contribution is 2.28. The van der Waals surface area contributed by atoms with E-state index in [1.54, 1.807) is 17.7 Å². The number of halogens is 2. The number of methoxy groups -OCH3 is 1. The molecule has 2 aromatic carbocycles. The van der Waals surface area contributed by atoms with Crippen LogP contribution in [0.2, 0.25) is 0 Å². The smallest absolute Gasteiger partial charge is 0.205 e. The molecule has 3 rings (SSSR count). The van der Waals surface area contributed by atoms with Gasteiger partial charge in [0.15, 0.2) is 0 Å². The highest BCUT2D eigenvalue weighted by Gasteiger charge is 2.13. The number of anilines is 1. The first-order chi connectivity index (χ1) is 9.60. The van der Waals surface area contributed by atoms with E-state index in [0.29, 0.717) is 15.9 Å². The number of nitrogen functional groups attached to an aromatic ring is 1. The molecule has 0 aliphatic carbocycles. The monoisotopic (exact) mass is 335 g/mol. The fraction of sp³-hybridized carbons (Fsp3) is 0.0714. The van der Waals surface area contributed by atoms with Gasteiger partial charge >= 0.3 is 0 Å². The SMILES string of the molecule is COc1ccc(-n2c(N)nc3cc(F)c(Br)cc32)cc1. The third-order valence-electron chi connectivity index (χ3n) is 3.05. The van der Waals surface area contributed by atoms with E-state index in [0.717, 1.165) is 17.0 Å². The molecule has 6 heteroatoms. The van der Waals surface area contributed by atoms with Crippen molar-refractivity contribution >= 4 is 32.9 Å². The van der Waals surface area contributed by atoms with E-state index in [4.69, 9.17) is 10.5 Å². The molecule has 0 amide bonds. The lowest BCUT2D eigenvalue weighted by Crippen LogP contribution is -2.00. The zero-order valence-electron chi connectivity index (χ0n) is 10.6. The second-order valence-electron chi connectivity index (χ2n) is 4.26. The maximum atomic E-state index is 13.5. The molecule has 1 heterocycles. The van der Waals surface area contributed by atoms with Gasteiger partial charge < -0.3 is 10.5 Å². The zero-order valence-corrected chi connectivity index (χ0v) is 12.2. The van der Waals surface area contributed by atoms with Crippen LogP contribution in [0.5, 0.6) is 5.75 Å². The van der Waals surface area contributed by atoms with Crippen molar-refractivity contribution in [2.45, 2.75) is 0 Å². The van der Waals surface area contributed by atoms with Gasteiger partial charge in [-0.25, -0.2) is 9.37 Å². The van der Waals surface area contributed by atoms with Gasteiger partial charge in [0.05, 0.1) is 22.6 Å². The first kappa shape index (κ1) is 12.9. The largest absolute Gasteiger partial charge is 0.497 e. The molecule has 102 valence electrons. The van der Waals surface area contributed by atoms with Crippen LogP contribution in [0, 0.1) is 5.82 Å². The second kappa shape index (κ2) is 4.79. The molecule has 0 atom stereocenters. The van der Waals surface area contributed by atoms with E-state index in [1.807, 2.05) is 24.3 Å². The Hall–Kier alpha value is -2.08. The molecule has 0 spiro atoms. The van der Waals surface area contributed by atoms with Crippen molar-refractivity contribution in [2.75, 3.05) is 12.8 Å². The fourth-order valence-electron chi connectivity index (χ4n) is 2.09. The summed E-state index contributed by atoms with van der Waals surface area (Å²) in [5, 5.41) is 0. The summed E-state index contributed by atoms with van der Waals surface area (Å²) in [5.74, 6) is 0.698. The van der Waals surface area contributed by atoms with Crippen LogP contribution in [0.15, 0.2) is 40.9 Å². The quantitative estimate of drug-likeness (QED) is 0.779. The van der Waals surface area contributed by atoms with E-state index in [1.165, 1.54) is 6.07 Å². The minimum absolute atomic E-state index is 0.308. The van der Waals surface area contributed by atoms with Gasteiger partial charge in [-0.2, -0.15) is 0 Å². The van der Waals surface area contributed by atoms with E-state index in [9.17, 15) is 4.39 Å². The van der Waals surface area contributed by atoms with Crippen molar-refractivity contribution in [1.82, 2.24) is 9.55 Å². The summed E-state index contributed by atoms with van der Waals surface area (Å²) in [5.41, 5.74) is 8.03. The summed E-state index contributed by atoms with van der Waals surface area (Å²) >= 11 is 3.18. The van der Waals surface area contributed by atoms with Crippen molar-refractivity contribution in [2.24, 2.45) is 0 Å². The predicted molar refractivity (Wildman–Crippen MR) is 79.7 cm³/mol. The van der Waals surface area contributed by atoms with Gasteiger partial charge in [-0.1, -0.05) is 0 Å². The Bertz CT molecular complexity index is 783. The maximum Gasteiger partial charge on any atom is 0.205 e. The molecule has 20 heavy (non-hydrogen) atoms. The number of rotatable bonds is 2. The van der Waals surface area contributed by atoms with Gasteiger partial charge in [0, 0.05) is 11.8 Å². The Balaban J connectivity index is 2.23. The third-order valence-corrected chi connectivity index (χ3v) is 3.66. The lowest BCUT2D eigenvalue weighted by Gasteiger charge is -2.08. The number of hydrogen-bond donors (Lipinski definition) is 1. The molecule has 0 fully saturated rings. The average molecular weight is 336 g/mol. The molecule has 0 aliphatic rings. The third kappa shape index (κ3) is 2.02. The normalized spacial score (nSPS) is 10.9. The Morgan fingerprint density at radius 1 is 1.25 bits per heavy atom. The van der Waals surface area contributed by atoms with Crippen LogP contribution in [-0.2, 0) is 0 Å². The summed E-state index contributed by atoms with van der Waals surface area (Å²) < 4.78 is 20.8. The van der Waals surface area contributed by atoms with Gasteiger partial charge in [0.25, 0.3) is 0 Å². The molecule has 2 N–H and O–H groups in total. The molecule has 3 aromatic rings. The van der Waals surface area contributed by atoms with Crippen molar-refractivity contribution in [3.63, 3.8) is 0 Å². The lowest BCUT2D eigenvalue weighted by molar-refractivity contribution is 0.415. The lowest BCUT2D eigenvalue weighted by atomic mass is 10.2. The molecule has 0 saturated carbocycles. The molecular weight excluding hydrogens is 325 g/mol. The second-order valence-corrected chi connectivity index (χ2v) is 5.11. The molecule has 0 bridgehead atoms. The fourth-order valence-corrected chi connectivity index (χ4v) is 2.43. The first-order valence-electron chi connectivity index (χ1n) is 5.87. The number of imidazole rings is 1.